The minimum Gasteiger partial charge on any atom is -0.414 e. The first-order valence-corrected chi connectivity index (χ1v) is 17.2. The van der Waals surface area contributed by atoms with E-state index in [-0.39, 0.29) is 10.5 Å². The number of hydrogen-bond donors (Lipinski definition) is 1. The summed E-state index contributed by atoms with van der Waals surface area (Å²) in [6.45, 7) is 16.9. The van der Waals surface area contributed by atoms with Crippen LogP contribution in [-0.4, -0.2) is 19.5 Å². The third-order valence-corrected chi connectivity index (χ3v) is 17.0. The number of fused-ring (bicyclic) bond motifs is 5. The van der Waals surface area contributed by atoms with Gasteiger partial charge in [0.1, 0.15) is 5.60 Å². The van der Waals surface area contributed by atoms with Gasteiger partial charge in [-0.05, 0) is 104 Å². The molecule has 7 atom stereocenters. The van der Waals surface area contributed by atoms with E-state index in [1.54, 1.807) is 16.9 Å². The zero-order valence-electron chi connectivity index (χ0n) is 22.0. The van der Waals surface area contributed by atoms with Gasteiger partial charge in [-0.1, -0.05) is 52.3 Å². The lowest BCUT2D eigenvalue weighted by Gasteiger charge is -2.59. The van der Waals surface area contributed by atoms with Gasteiger partial charge in [-0.3, -0.25) is 0 Å². The largest absolute Gasteiger partial charge is 0.414 e. The summed E-state index contributed by atoms with van der Waals surface area (Å²) >= 11 is 1.75. The molecular formula is C29H46O2SSi. The molecule has 3 saturated carbocycles. The first kappa shape index (κ1) is 24.3. The van der Waals surface area contributed by atoms with Crippen LogP contribution in [0.15, 0.2) is 29.2 Å². The first-order valence-electron chi connectivity index (χ1n) is 13.5. The SMILES string of the molecule is CC(C)(C)[Si](C)(C)OC1CC[C@@]2(C)C(=CC[C@@H]3[C@@H]2CC[C@@]2(C)[C@H]3CCC2(O)c2cccs2)C1. The van der Waals surface area contributed by atoms with Crippen molar-refractivity contribution in [2.75, 3.05) is 0 Å². The number of allylic oxidation sites excluding steroid dienone is 1. The highest BCUT2D eigenvalue weighted by molar-refractivity contribution is 7.10. The van der Waals surface area contributed by atoms with Crippen LogP contribution in [0.2, 0.25) is 18.1 Å². The summed E-state index contributed by atoms with van der Waals surface area (Å²) in [7, 11) is -1.73. The van der Waals surface area contributed by atoms with Crippen LogP contribution in [0.4, 0.5) is 0 Å². The maximum atomic E-state index is 12.0. The highest BCUT2D eigenvalue weighted by atomic mass is 32.1. The van der Waals surface area contributed by atoms with Crippen molar-refractivity contribution in [1.29, 1.82) is 0 Å². The van der Waals surface area contributed by atoms with Gasteiger partial charge in [0.05, 0.1) is 0 Å². The Labute approximate surface area is 207 Å². The zero-order chi connectivity index (χ0) is 23.9. The van der Waals surface area contributed by atoms with E-state index in [4.69, 9.17) is 4.43 Å². The van der Waals surface area contributed by atoms with Crippen LogP contribution in [0, 0.1) is 28.6 Å². The molecular weight excluding hydrogens is 440 g/mol. The molecule has 0 saturated heterocycles. The van der Waals surface area contributed by atoms with Crippen LogP contribution < -0.4 is 0 Å². The molecule has 0 amide bonds. The molecule has 1 aromatic rings. The Morgan fingerprint density at radius 1 is 1.06 bits per heavy atom. The van der Waals surface area contributed by atoms with Crippen molar-refractivity contribution in [3.63, 3.8) is 0 Å². The van der Waals surface area contributed by atoms with Crippen molar-refractivity contribution in [1.82, 2.24) is 0 Å². The van der Waals surface area contributed by atoms with Gasteiger partial charge in [-0.25, -0.2) is 0 Å². The molecule has 33 heavy (non-hydrogen) atoms. The van der Waals surface area contributed by atoms with E-state index >= 15 is 0 Å². The van der Waals surface area contributed by atoms with Crippen molar-refractivity contribution in [2.24, 2.45) is 28.6 Å². The van der Waals surface area contributed by atoms with Crippen LogP contribution in [0.5, 0.6) is 0 Å². The average Bonchev–Trinajstić information content (AvgIpc) is 3.35. The van der Waals surface area contributed by atoms with Gasteiger partial charge in [-0.15, -0.1) is 11.3 Å². The molecule has 4 heteroatoms. The van der Waals surface area contributed by atoms with E-state index in [0.717, 1.165) is 24.7 Å². The quantitative estimate of drug-likeness (QED) is 0.344. The number of rotatable bonds is 3. The second kappa shape index (κ2) is 7.79. The number of thiophene rings is 1. The van der Waals surface area contributed by atoms with Gasteiger partial charge in [-0.2, -0.15) is 0 Å². The monoisotopic (exact) mass is 486 g/mol. The van der Waals surface area contributed by atoms with E-state index in [1.807, 2.05) is 0 Å². The normalized spacial score (nSPS) is 43.5. The number of aliphatic hydroxyl groups is 1. The van der Waals surface area contributed by atoms with Crippen LogP contribution in [0.3, 0.4) is 0 Å². The Bertz CT molecular complexity index is 915. The number of hydrogen-bond acceptors (Lipinski definition) is 3. The lowest BCUT2D eigenvalue weighted by molar-refractivity contribution is -0.127. The predicted molar refractivity (Wildman–Crippen MR) is 142 cm³/mol. The lowest BCUT2D eigenvalue weighted by atomic mass is 9.47. The molecule has 5 rings (SSSR count). The fraction of sp³-hybridized carbons (Fsp3) is 0.793. The van der Waals surface area contributed by atoms with Crippen LogP contribution in [0.1, 0.15) is 90.9 Å². The van der Waals surface area contributed by atoms with Gasteiger partial charge < -0.3 is 9.53 Å². The summed E-state index contributed by atoms with van der Waals surface area (Å²) in [4.78, 5) is 1.20. The van der Waals surface area contributed by atoms with E-state index in [0.29, 0.717) is 17.4 Å². The van der Waals surface area contributed by atoms with Gasteiger partial charge in [0.15, 0.2) is 8.32 Å². The Morgan fingerprint density at radius 2 is 1.79 bits per heavy atom. The van der Waals surface area contributed by atoms with Crippen LogP contribution >= 0.6 is 11.3 Å². The smallest absolute Gasteiger partial charge is 0.192 e. The van der Waals surface area contributed by atoms with E-state index < -0.39 is 13.9 Å². The molecule has 184 valence electrons. The molecule has 4 aliphatic rings. The highest BCUT2D eigenvalue weighted by Crippen LogP contribution is 2.69. The maximum absolute atomic E-state index is 12.0. The summed E-state index contributed by atoms with van der Waals surface area (Å²) in [6.07, 6.45) is 12.4. The van der Waals surface area contributed by atoms with Gasteiger partial charge in [0, 0.05) is 16.4 Å². The highest BCUT2D eigenvalue weighted by Gasteiger charge is 2.64. The van der Waals surface area contributed by atoms with E-state index in [1.165, 1.54) is 43.4 Å². The van der Waals surface area contributed by atoms with Gasteiger partial charge >= 0.3 is 0 Å². The maximum Gasteiger partial charge on any atom is 0.192 e. The fourth-order valence-electron chi connectivity index (χ4n) is 8.26. The standard InChI is InChI=1S/C29H46O2SSi/c1-26(2,3)33(6,7)31-21-12-15-27(4)20(19-21)10-11-22-23(27)13-16-28(5)24(22)14-17-29(28,30)25-9-8-18-32-25/h8-10,18,21-24,30H,11-17,19H2,1-7H3/t21?,22-,23+,24+,27+,28+,29?/m1/s1. The molecule has 3 fully saturated rings. The summed E-state index contributed by atoms with van der Waals surface area (Å²) < 4.78 is 6.89. The second-order valence-corrected chi connectivity index (χ2v) is 19.5. The van der Waals surface area contributed by atoms with Crippen LogP contribution in [0.25, 0.3) is 0 Å². The topological polar surface area (TPSA) is 29.5 Å². The van der Waals surface area contributed by atoms with Crippen molar-refractivity contribution in [3.8, 4) is 0 Å². The molecule has 0 spiro atoms. The molecule has 0 aromatic carbocycles. The molecule has 1 N–H and O–H groups in total. The molecule has 2 unspecified atom stereocenters. The first-order chi connectivity index (χ1) is 15.3. The molecule has 2 nitrogen and oxygen atoms in total. The third-order valence-electron chi connectivity index (χ3n) is 11.4. The molecule has 0 aliphatic heterocycles. The van der Waals surface area contributed by atoms with Crippen molar-refractivity contribution >= 4 is 19.7 Å². The van der Waals surface area contributed by atoms with Crippen molar-refractivity contribution in [3.05, 3.63) is 34.0 Å². The Hall–Kier alpha value is -0.423. The Morgan fingerprint density at radius 3 is 2.45 bits per heavy atom. The van der Waals surface area contributed by atoms with Crippen molar-refractivity contribution < 1.29 is 9.53 Å². The predicted octanol–water partition coefficient (Wildman–Crippen LogP) is 8.29. The van der Waals surface area contributed by atoms with Crippen molar-refractivity contribution in [2.45, 2.75) is 116 Å². The summed E-state index contributed by atoms with van der Waals surface area (Å²) in [5.74, 6) is 2.14. The molecule has 0 bridgehead atoms. The average molecular weight is 487 g/mol. The molecule has 1 heterocycles. The van der Waals surface area contributed by atoms with E-state index in [2.05, 4.69) is 71.3 Å². The summed E-state index contributed by atoms with van der Waals surface area (Å²) in [5.41, 5.74) is 1.43. The fourth-order valence-corrected chi connectivity index (χ4v) is 10.6. The lowest BCUT2D eigenvalue weighted by Crippen LogP contribution is -2.54. The third kappa shape index (κ3) is 3.52. The molecule has 0 radical (unpaired) electrons. The summed E-state index contributed by atoms with van der Waals surface area (Å²) in [6, 6.07) is 4.29. The zero-order valence-corrected chi connectivity index (χ0v) is 23.9. The van der Waals surface area contributed by atoms with Gasteiger partial charge in [0.2, 0.25) is 0 Å². The Balaban J connectivity index is 1.38. The minimum atomic E-state index is -1.73. The summed E-state index contributed by atoms with van der Waals surface area (Å²) in [5, 5.41) is 14.4. The Kier molecular flexibility index (Phi) is 5.73. The molecule has 1 aromatic heterocycles. The van der Waals surface area contributed by atoms with E-state index in [9.17, 15) is 5.11 Å². The second-order valence-electron chi connectivity index (χ2n) is 13.8. The molecule has 4 aliphatic carbocycles. The minimum absolute atomic E-state index is 0.0172. The van der Waals surface area contributed by atoms with Gasteiger partial charge in [0.25, 0.3) is 0 Å². The van der Waals surface area contributed by atoms with Crippen LogP contribution in [-0.2, 0) is 10.0 Å².